The average molecular weight is 373 g/mol. The van der Waals surface area contributed by atoms with E-state index in [1.54, 1.807) is 4.90 Å². The van der Waals surface area contributed by atoms with Crippen LogP contribution in [0.15, 0.2) is 12.1 Å². The number of ether oxygens (including phenoxy) is 1. The molecule has 0 radical (unpaired) electrons. The SMILES string of the molecule is CCN(C(=O)COC(=O)c1cc(Cl)cc(Cl)c1N)C1CCCCC1. The number of anilines is 1. The number of nitrogens with two attached hydrogens (primary N) is 1. The molecule has 1 saturated carbocycles. The Labute approximate surface area is 152 Å². The number of rotatable bonds is 5. The molecule has 2 rings (SSSR count). The largest absolute Gasteiger partial charge is 0.452 e. The van der Waals surface area contributed by atoms with Crippen LogP contribution in [-0.4, -0.2) is 36.0 Å². The first kappa shape index (κ1) is 18.9. The van der Waals surface area contributed by atoms with E-state index in [9.17, 15) is 9.59 Å². The second-order valence-electron chi connectivity index (χ2n) is 5.90. The van der Waals surface area contributed by atoms with Crippen molar-refractivity contribution in [1.29, 1.82) is 0 Å². The summed E-state index contributed by atoms with van der Waals surface area (Å²) in [5.41, 5.74) is 5.94. The van der Waals surface area contributed by atoms with Crippen molar-refractivity contribution < 1.29 is 14.3 Å². The van der Waals surface area contributed by atoms with Crippen LogP contribution in [0.4, 0.5) is 5.69 Å². The zero-order valence-electron chi connectivity index (χ0n) is 13.7. The van der Waals surface area contributed by atoms with E-state index in [-0.39, 0.29) is 39.9 Å². The molecule has 0 unspecified atom stereocenters. The Balaban J connectivity index is 1.98. The normalized spacial score (nSPS) is 15.1. The van der Waals surface area contributed by atoms with Crippen molar-refractivity contribution in [3.05, 3.63) is 27.7 Å². The van der Waals surface area contributed by atoms with Gasteiger partial charge in [-0.2, -0.15) is 0 Å². The highest BCUT2D eigenvalue weighted by Gasteiger charge is 2.25. The van der Waals surface area contributed by atoms with Crippen molar-refractivity contribution in [1.82, 2.24) is 4.90 Å². The molecule has 1 aliphatic carbocycles. The van der Waals surface area contributed by atoms with E-state index in [0.29, 0.717) is 6.54 Å². The van der Waals surface area contributed by atoms with Crippen LogP contribution in [0.2, 0.25) is 10.0 Å². The molecule has 0 aromatic heterocycles. The number of nitrogens with zero attached hydrogens (tertiary/aromatic N) is 1. The number of likely N-dealkylation sites (N-methyl/N-ethyl adjacent to an activating group) is 1. The van der Waals surface area contributed by atoms with Crippen LogP contribution in [0.5, 0.6) is 0 Å². The number of carbonyl (C=O) groups is 2. The Morgan fingerprint density at radius 3 is 2.54 bits per heavy atom. The van der Waals surface area contributed by atoms with Crippen LogP contribution < -0.4 is 5.73 Å². The second kappa shape index (κ2) is 8.58. The molecule has 2 N–H and O–H groups in total. The standard InChI is InChI=1S/C17H22Cl2N2O3/c1-2-21(12-6-4-3-5-7-12)15(22)10-24-17(23)13-8-11(18)9-14(19)16(13)20/h8-9,12H,2-7,10,20H2,1H3. The summed E-state index contributed by atoms with van der Waals surface area (Å²) in [7, 11) is 0. The van der Waals surface area contributed by atoms with E-state index < -0.39 is 5.97 Å². The Kier molecular flexibility index (Phi) is 6.75. The summed E-state index contributed by atoms with van der Waals surface area (Å²) in [4.78, 5) is 26.4. The molecule has 1 fully saturated rings. The van der Waals surface area contributed by atoms with E-state index in [4.69, 9.17) is 33.7 Å². The van der Waals surface area contributed by atoms with Gasteiger partial charge in [-0.1, -0.05) is 42.5 Å². The van der Waals surface area contributed by atoms with Gasteiger partial charge in [0.25, 0.3) is 5.91 Å². The second-order valence-corrected chi connectivity index (χ2v) is 6.74. The summed E-state index contributed by atoms with van der Waals surface area (Å²) >= 11 is 11.8. The molecule has 132 valence electrons. The zero-order chi connectivity index (χ0) is 17.7. The highest BCUT2D eigenvalue weighted by atomic mass is 35.5. The lowest BCUT2D eigenvalue weighted by atomic mass is 9.94. The van der Waals surface area contributed by atoms with Gasteiger partial charge >= 0.3 is 5.97 Å². The fourth-order valence-electron chi connectivity index (χ4n) is 3.07. The van der Waals surface area contributed by atoms with E-state index in [0.717, 1.165) is 25.7 Å². The van der Waals surface area contributed by atoms with Crippen molar-refractivity contribution in [2.75, 3.05) is 18.9 Å². The van der Waals surface area contributed by atoms with Crippen LogP contribution in [0.3, 0.4) is 0 Å². The van der Waals surface area contributed by atoms with Crippen molar-refractivity contribution in [3.63, 3.8) is 0 Å². The number of amides is 1. The number of hydrogen-bond donors (Lipinski definition) is 1. The molecule has 24 heavy (non-hydrogen) atoms. The lowest BCUT2D eigenvalue weighted by Crippen LogP contribution is -2.43. The van der Waals surface area contributed by atoms with Gasteiger partial charge < -0.3 is 15.4 Å². The Morgan fingerprint density at radius 2 is 1.92 bits per heavy atom. The maximum atomic E-state index is 12.4. The zero-order valence-corrected chi connectivity index (χ0v) is 15.2. The molecule has 0 saturated heterocycles. The van der Waals surface area contributed by atoms with Crippen molar-refractivity contribution in [2.24, 2.45) is 0 Å². The lowest BCUT2D eigenvalue weighted by molar-refractivity contribution is -0.137. The molecule has 1 amide bonds. The quantitative estimate of drug-likeness (QED) is 0.627. The molecule has 1 aromatic rings. The van der Waals surface area contributed by atoms with E-state index in [1.165, 1.54) is 18.6 Å². The summed E-state index contributed by atoms with van der Waals surface area (Å²) in [6.45, 7) is 2.22. The van der Waals surface area contributed by atoms with Crippen molar-refractivity contribution >= 4 is 40.8 Å². The van der Waals surface area contributed by atoms with Gasteiger partial charge in [-0.25, -0.2) is 4.79 Å². The summed E-state index contributed by atoms with van der Waals surface area (Å²) in [5.74, 6) is -0.894. The number of hydrogen-bond acceptors (Lipinski definition) is 4. The minimum absolute atomic E-state index is 0.0704. The van der Waals surface area contributed by atoms with Crippen LogP contribution >= 0.6 is 23.2 Å². The van der Waals surface area contributed by atoms with Crippen molar-refractivity contribution in [2.45, 2.75) is 45.1 Å². The monoisotopic (exact) mass is 372 g/mol. The van der Waals surface area contributed by atoms with E-state index >= 15 is 0 Å². The smallest absolute Gasteiger partial charge is 0.340 e. The van der Waals surface area contributed by atoms with Gasteiger partial charge in [-0.05, 0) is 31.9 Å². The van der Waals surface area contributed by atoms with Crippen molar-refractivity contribution in [3.8, 4) is 0 Å². The molecule has 1 aromatic carbocycles. The third kappa shape index (κ3) is 4.54. The van der Waals surface area contributed by atoms with Crippen LogP contribution in [0.25, 0.3) is 0 Å². The van der Waals surface area contributed by atoms with E-state index in [2.05, 4.69) is 0 Å². The molecule has 5 nitrogen and oxygen atoms in total. The fraction of sp³-hybridized carbons (Fsp3) is 0.529. The third-order valence-electron chi connectivity index (χ3n) is 4.32. The number of nitrogen functional groups attached to an aromatic ring is 1. The average Bonchev–Trinajstić information content (AvgIpc) is 2.57. The molecular weight excluding hydrogens is 351 g/mol. The third-order valence-corrected chi connectivity index (χ3v) is 4.85. The molecule has 0 spiro atoms. The highest BCUT2D eigenvalue weighted by molar-refractivity contribution is 6.37. The van der Waals surface area contributed by atoms with Crippen LogP contribution in [-0.2, 0) is 9.53 Å². The lowest BCUT2D eigenvalue weighted by Gasteiger charge is -2.33. The summed E-state index contributed by atoms with van der Waals surface area (Å²) < 4.78 is 5.13. The van der Waals surface area contributed by atoms with Gasteiger partial charge in [0, 0.05) is 17.6 Å². The maximum Gasteiger partial charge on any atom is 0.340 e. The predicted octanol–water partition coefficient (Wildman–Crippen LogP) is 3.91. The number of esters is 1. The maximum absolute atomic E-state index is 12.4. The number of carbonyl (C=O) groups excluding carboxylic acids is 2. The molecule has 7 heteroatoms. The van der Waals surface area contributed by atoms with Crippen LogP contribution in [0, 0.1) is 0 Å². The molecule has 0 bridgehead atoms. The Bertz CT molecular complexity index is 616. The number of benzene rings is 1. The minimum Gasteiger partial charge on any atom is -0.452 e. The molecule has 1 aliphatic rings. The first-order chi connectivity index (χ1) is 11.4. The highest BCUT2D eigenvalue weighted by Crippen LogP contribution is 2.28. The summed E-state index contributed by atoms with van der Waals surface area (Å²) in [6, 6.07) is 3.07. The van der Waals surface area contributed by atoms with Gasteiger partial charge in [0.1, 0.15) is 0 Å². The van der Waals surface area contributed by atoms with Gasteiger partial charge in [-0.3, -0.25) is 4.79 Å². The fourth-order valence-corrected chi connectivity index (χ4v) is 3.57. The minimum atomic E-state index is -0.704. The predicted molar refractivity (Wildman–Crippen MR) is 95.4 cm³/mol. The van der Waals surface area contributed by atoms with Gasteiger partial charge in [0.05, 0.1) is 16.3 Å². The van der Waals surface area contributed by atoms with Crippen LogP contribution in [0.1, 0.15) is 49.4 Å². The molecule has 0 heterocycles. The van der Waals surface area contributed by atoms with Gasteiger partial charge in [0.2, 0.25) is 0 Å². The number of halogens is 2. The first-order valence-corrected chi connectivity index (χ1v) is 8.90. The topological polar surface area (TPSA) is 72.6 Å². The Hall–Kier alpha value is -1.46. The van der Waals surface area contributed by atoms with E-state index in [1.807, 2.05) is 6.92 Å². The summed E-state index contributed by atoms with van der Waals surface area (Å²) in [5, 5.41) is 0.461. The Morgan fingerprint density at radius 1 is 1.25 bits per heavy atom. The first-order valence-electron chi connectivity index (χ1n) is 8.15. The van der Waals surface area contributed by atoms with Gasteiger partial charge in [-0.15, -0.1) is 0 Å². The summed E-state index contributed by atoms with van der Waals surface area (Å²) in [6.07, 6.45) is 5.48. The molecule has 0 atom stereocenters. The van der Waals surface area contributed by atoms with Gasteiger partial charge in [0.15, 0.2) is 6.61 Å². The molecular formula is C17H22Cl2N2O3. The molecule has 0 aliphatic heterocycles.